The molecule has 3 rings (SSSR count). The minimum atomic E-state index is 0.459. The van der Waals surface area contributed by atoms with E-state index in [0.717, 1.165) is 22.6 Å². The first-order valence-electron chi connectivity index (χ1n) is 6.85. The molecule has 2 unspecified atom stereocenters. The summed E-state index contributed by atoms with van der Waals surface area (Å²) in [5.74, 6) is 3.00. The maximum atomic E-state index is 6.09. The van der Waals surface area contributed by atoms with Crippen LogP contribution >= 0.6 is 11.6 Å². The highest BCUT2D eigenvalue weighted by Crippen LogP contribution is 2.39. The number of fused-ring (bicyclic) bond motifs is 1. The molecule has 0 amide bonds. The van der Waals surface area contributed by atoms with Crippen molar-refractivity contribution in [3.63, 3.8) is 0 Å². The molecule has 2 atom stereocenters. The number of aromatic nitrogens is 2. The molecule has 102 valence electrons. The smallest absolute Gasteiger partial charge is 0.125 e. The van der Waals surface area contributed by atoms with E-state index in [1.165, 1.54) is 19.3 Å². The summed E-state index contributed by atoms with van der Waals surface area (Å²) in [7, 11) is 1.70. The summed E-state index contributed by atoms with van der Waals surface area (Å²) >= 11 is 6.09. The zero-order chi connectivity index (χ0) is 13.4. The Balaban J connectivity index is 2.18. The van der Waals surface area contributed by atoms with Crippen LogP contribution in [-0.2, 0) is 5.88 Å². The van der Waals surface area contributed by atoms with E-state index in [4.69, 9.17) is 16.3 Å². The van der Waals surface area contributed by atoms with Crippen molar-refractivity contribution in [3.05, 3.63) is 24.0 Å². The van der Waals surface area contributed by atoms with Crippen molar-refractivity contribution in [2.75, 3.05) is 7.11 Å². The molecule has 0 spiro atoms. The molecule has 3 nitrogen and oxygen atoms in total. The first kappa shape index (κ1) is 12.8. The van der Waals surface area contributed by atoms with Gasteiger partial charge in [0.25, 0.3) is 0 Å². The lowest BCUT2D eigenvalue weighted by atomic mass is 10.1. The third-order valence-electron chi connectivity index (χ3n) is 4.24. The van der Waals surface area contributed by atoms with Crippen molar-refractivity contribution < 1.29 is 4.74 Å². The van der Waals surface area contributed by atoms with E-state index in [2.05, 4.69) is 22.5 Å². The van der Waals surface area contributed by atoms with E-state index < -0.39 is 0 Å². The van der Waals surface area contributed by atoms with Crippen LogP contribution in [0, 0.1) is 5.92 Å². The van der Waals surface area contributed by atoms with E-state index in [1.807, 2.05) is 12.1 Å². The number of hydrogen-bond acceptors (Lipinski definition) is 2. The van der Waals surface area contributed by atoms with Gasteiger partial charge in [-0.2, -0.15) is 0 Å². The van der Waals surface area contributed by atoms with Crippen LogP contribution in [0.5, 0.6) is 5.75 Å². The molecule has 19 heavy (non-hydrogen) atoms. The van der Waals surface area contributed by atoms with Crippen LogP contribution in [0.2, 0.25) is 0 Å². The number of benzene rings is 1. The molecule has 0 bridgehead atoms. The number of imidazole rings is 1. The number of rotatable bonds is 3. The zero-order valence-corrected chi connectivity index (χ0v) is 12.2. The third kappa shape index (κ3) is 2.10. The van der Waals surface area contributed by atoms with Crippen LogP contribution in [0.25, 0.3) is 11.0 Å². The Morgan fingerprint density at radius 2 is 2.26 bits per heavy atom. The molecule has 0 radical (unpaired) electrons. The summed E-state index contributed by atoms with van der Waals surface area (Å²) in [6.45, 7) is 2.32. The predicted octanol–water partition coefficient (Wildman–Crippen LogP) is 4.14. The summed E-state index contributed by atoms with van der Waals surface area (Å²) in [6, 6.07) is 6.56. The number of hydrogen-bond donors (Lipinski definition) is 0. The maximum absolute atomic E-state index is 6.09. The Morgan fingerprint density at radius 3 is 2.89 bits per heavy atom. The molecule has 1 aliphatic rings. The second-order valence-corrected chi connectivity index (χ2v) is 5.63. The fraction of sp³-hybridized carbons (Fsp3) is 0.533. The van der Waals surface area contributed by atoms with E-state index in [0.29, 0.717) is 17.8 Å². The normalized spacial score (nSPS) is 23.1. The van der Waals surface area contributed by atoms with Gasteiger partial charge >= 0.3 is 0 Å². The molecule has 1 heterocycles. The van der Waals surface area contributed by atoms with Crippen molar-refractivity contribution in [2.24, 2.45) is 5.92 Å². The quantitative estimate of drug-likeness (QED) is 0.789. The van der Waals surface area contributed by atoms with Gasteiger partial charge in [-0.1, -0.05) is 13.3 Å². The van der Waals surface area contributed by atoms with Crippen LogP contribution in [0.3, 0.4) is 0 Å². The Bertz CT molecular complexity index is 593. The van der Waals surface area contributed by atoms with Gasteiger partial charge in [0.1, 0.15) is 11.6 Å². The Hall–Kier alpha value is -1.22. The minimum Gasteiger partial charge on any atom is -0.497 e. The van der Waals surface area contributed by atoms with Crippen molar-refractivity contribution >= 4 is 22.6 Å². The van der Waals surface area contributed by atoms with Gasteiger partial charge in [0.05, 0.1) is 24.0 Å². The van der Waals surface area contributed by atoms with Gasteiger partial charge < -0.3 is 9.30 Å². The molecule has 1 aliphatic carbocycles. The SMILES string of the molecule is COc1ccc2nc(CCl)n(C3CCCC3C)c2c1. The van der Waals surface area contributed by atoms with Crippen molar-refractivity contribution in [1.82, 2.24) is 9.55 Å². The maximum Gasteiger partial charge on any atom is 0.125 e. The molecule has 1 fully saturated rings. The predicted molar refractivity (Wildman–Crippen MR) is 77.9 cm³/mol. The van der Waals surface area contributed by atoms with Crippen LogP contribution in [0.4, 0.5) is 0 Å². The molecule has 0 N–H and O–H groups in total. The Labute approximate surface area is 118 Å². The first-order valence-corrected chi connectivity index (χ1v) is 7.39. The number of alkyl halides is 1. The molecule has 1 aromatic carbocycles. The van der Waals surface area contributed by atoms with Crippen LogP contribution in [-0.4, -0.2) is 16.7 Å². The fourth-order valence-electron chi connectivity index (χ4n) is 3.22. The topological polar surface area (TPSA) is 27.1 Å². The van der Waals surface area contributed by atoms with Gasteiger partial charge in [0, 0.05) is 12.1 Å². The summed E-state index contributed by atoms with van der Waals surface area (Å²) < 4.78 is 7.67. The van der Waals surface area contributed by atoms with E-state index in [1.54, 1.807) is 7.11 Å². The molecule has 1 saturated carbocycles. The molecular weight excluding hydrogens is 260 g/mol. The van der Waals surface area contributed by atoms with Crippen LogP contribution in [0.1, 0.15) is 38.1 Å². The second-order valence-electron chi connectivity index (χ2n) is 5.36. The Morgan fingerprint density at radius 1 is 1.42 bits per heavy atom. The zero-order valence-electron chi connectivity index (χ0n) is 11.4. The average molecular weight is 279 g/mol. The first-order chi connectivity index (χ1) is 9.24. The van der Waals surface area contributed by atoms with Crippen molar-refractivity contribution in [1.29, 1.82) is 0 Å². The number of nitrogens with zero attached hydrogens (tertiary/aromatic N) is 2. The number of methoxy groups -OCH3 is 1. The van der Waals surface area contributed by atoms with Crippen molar-refractivity contribution in [3.8, 4) is 5.75 Å². The van der Waals surface area contributed by atoms with Gasteiger partial charge in [0.15, 0.2) is 0 Å². The molecule has 1 aromatic heterocycles. The highest BCUT2D eigenvalue weighted by molar-refractivity contribution is 6.16. The molecular formula is C15H19ClN2O. The standard InChI is InChI=1S/C15H19ClN2O/c1-10-4-3-5-13(10)18-14-8-11(19-2)6-7-12(14)17-15(18)9-16/h6-8,10,13H,3-5,9H2,1-2H3. The lowest BCUT2D eigenvalue weighted by molar-refractivity contribution is 0.405. The van der Waals surface area contributed by atoms with Crippen LogP contribution < -0.4 is 4.74 Å². The monoisotopic (exact) mass is 278 g/mol. The van der Waals surface area contributed by atoms with Crippen LogP contribution in [0.15, 0.2) is 18.2 Å². The average Bonchev–Trinajstić information content (AvgIpc) is 3.00. The summed E-state index contributed by atoms with van der Waals surface area (Å²) in [6.07, 6.45) is 3.79. The highest BCUT2D eigenvalue weighted by Gasteiger charge is 2.28. The highest BCUT2D eigenvalue weighted by atomic mass is 35.5. The summed E-state index contributed by atoms with van der Waals surface area (Å²) in [4.78, 5) is 4.66. The second kappa shape index (κ2) is 5.04. The van der Waals surface area contributed by atoms with Crippen molar-refractivity contribution in [2.45, 2.75) is 38.1 Å². The van der Waals surface area contributed by atoms with E-state index in [9.17, 15) is 0 Å². The number of halogens is 1. The lowest BCUT2D eigenvalue weighted by Crippen LogP contribution is -2.14. The molecule has 0 saturated heterocycles. The lowest BCUT2D eigenvalue weighted by Gasteiger charge is -2.20. The molecule has 2 aromatic rings. The largest absolute Gasteiger partial charge is 0.497 e. The minimum absolute atomic E-state index is 0.459. The molecule has 4 heteroatoms. The van der Waals surface area contributed by atoms with E-state index in [-0.39, 0.29) is 0 Å². The summed E-state index contributed by atoms with van der Waals surface area (Å²) in [5.41, 5.74) is 2.16. The van der Waals surface area contributed by atoms with E-state index >= 15 is 0 Å². The van der Waals surface area contributed by atoms with Gasteiger partial charge in [-0.15, -0.1) is 11.6 Å². The van der Waals surface area contributed by atoms with Gasteiger partial charge in [-0.05, 0) is 30.9 Å². The molecule has 0 aliphatic heterocycles. The van der Waals surface area contributed by atoms with Gasteiger partial charge in [-0.3, -0.25) is 0 Å². The summed E-state index contributed by atoms with van der Waals surface area (Å²) in [5, 5.41) is 0. The number of ether oxygens (including phenoxy) is 1. The Kier molecular flexibility index (Phi) is 3.40. The van der Waals surface area contributed by atoms with Gasteiger partial charge in [0.2, 0.25) is 0 Å². The van der Waals surface area contributed by atoms with Gasteiger partial charge in [-0.25, -0.2) is 4.98 Å². The third-order valence-corrected chi connectivity index (χ3v) is 4.48. The fourth-order valence-corrected chi connectivity index (χ4v) is 3.41.